The highest BCUT2D eigenvalue weighted by molar-refractivity contribution is 5.38. The predicted molar refractivity (Wildman–Crippen MR) is 82.7 cm³/mol. The molecular weight excluding hydrogens is 232 g/mol. The van der Waals surface area contributed by atoms with Crippen molar-refractivity contribution >= 4 is 0 Å². The Morgan fingerprint density at radius 1 is 1.21 bits per heavy atom. The van der Waals surface area contributed by atoms with Gasteiger partial charge in [-0.15, -0.1) is 0 Å². The van der Waals surface area contributed by atoms with Gasteiger partial charge >= 0.3 is 0 Å². The largest absolute Gasteiger partial charge is 0.316 e. The molecule has 0 amide bonds. The summed E-state index contributed by atoms with van der Waals surface area (Å²) in [6.45, 7) is 9.04. The van der Waals surface area contributed by atoms with Gasteiger partial charge in [-0.2, -0.15) is 0 Å². The lowest BCUT2D eigenvalue weighted by atomic mass is 9.87. The van der Waals surface area contributed by atoms with Gasteiger partial charge in [-0.1, -0.05) is 12.1 Å². The molecule has 106 valence electrons. The van der Waals surface area contributed by atoms with E-state index in [0.717, 1.165) is 5.92 Å². The summed E-state index contributed by atoms with van der Waals surface area (Å²) in [6.07, 6.45) is 3.94. The van der Waals surface area contributed by atoms with E-state index >= 15 is 0 Å². The molecule has 1 aliphatic rings. The van der Waals surface area contributed by atoms with E-state index in [0.29, 0.717) is 6.04 Å². The van der Waals surface area contributed by atoms with E-state index in [1.54, 1.807) is 0 Å². The Hall–Kier alpha value is -0.860. The molecule has 0 aromatic heterocycles. The summed E-state index contributed by atoms with van der Waals surface area (Å²) in [5.41, 5.74) is 5.71. The minimum absolute atomic E-state index is 0.490. The Morgan fingerprint density at radius 3 is 2.58 bits per heavy atom. The second kappa shape index (κ2) is 6.53. The van der Waals surface area contributed by atoms with E-state index in [1.807, 2.05) is 0 Å². The molecule has 0 saturated carbocycles. The molecule has 2 N–H and O–H groups in total. The highest BCUT2D eigenvalue weighted by atomic mass is 14.9. The van der Waals surface area contributed by atoms with Crippen LogP contribution in [0.5, 0.6) is 0 Å². The maximum absolute atomic E-state index is 3.53. The van der Waals surface area contributed by atoms with E-state index in [2.05, 4.69) is 50.6 Å². The van der Waals surface area contributed by atoms with E-state index in [4.69, 9.17) is 0 Å². The first kappa shape index (κ1) is 14.5. The first-order valence-electron chi connectivity index (χ1n) is 7.57. The second-order valence-corrected chi connectivity index (χ2v) is 6.08. The number of benzene rings is 1. The molecule has 1 aromatic carbocycles. The van der Waals surface area contributed by atoms with Crippen LogP contribution in [0.2, 0.25) is 0 Å². The van der Waals surface area contributed by atoms with Gasteiger partial charge in [-0.05, 0) is 88.3 Å². The first-order valence-corrected chi connectivity index (χ1v) is 7.57. The lowest BCUT2D eigenvalue weighted by Gasteiger charge is -2.28. The van der Waals surface area contributed by atoms with Crippen LogP contribution in [0.1, 0.15) is 47.6 Å². The van der Waals surface area contributed by atoms with Gasteiger partial charge in [0.1, 0.15) is 0 Å². The molecule has 2 rings (SSSR count). The summed E-state index contributed by atoms with van der Waals surface area (Å²) >= 11 is 0. The molecule has 1 heterocycles. The molecule has 19 heavy (non-hydrogen) atoms. The number of rotatable bonds is 4. The van der Waals surface area contributed by atoms with Gasteiger partial charge in [-0.3, -0.25) is 0 Å². The van der Waals surface area contributed by atoms with E-state index in [9.17, 15) is 0 Å². The Balaban J connectivity index is 2.14. The monoisotopic (exact) mass is 260 g/mol. The fourth-order valence-electron chi connectivity index (χ4n) is 3.22. The smallest absolute Gasteiger partial charge is 0.0323 e. The minimum atomic E-state index is 0.490. The zero-order valence-electron chi connectivity index (χ0n) is 12.8. The lowest BCUT2D eigenvalue weighted by molar-refractivity contribution is 0.321. The summed E-state index contributed by atoms with van der Waals surface area (Å²) < 4.78 is 0. The van der Waals surface area contributed by atoms with Crippen LogP contribution in [0.15, 0.2) is 12.1 Å². The predicted octanol–water partition coefficient (Wildman–Crippen LogP) is 3.26. The zero-order valence-corrected chi connectivity index (χ0v) is 12.8. The topological polar surface area (TPSA) is 24.1 Å². The van der Waals surface area contributed by atoms with Crippen LogP contribution in [0.25, 0.3) is 0 Å². The molecule has 0 bridgehead atoms. The van der Waals surface area contributed by atoms with Gasteiger partial charge in [0.2, 0.25) is 0 Å². The molecule has 2 heteroatoms. The minimum Gasteiger partial charge on any atom is -0.316 e. The van der Waals surface area contributed by atoms with Crippen LogP contribution >= 0.6 is 0 Å². The number of piperidine rings is 1. The fraction of sp³-hybridized carbons (Fsp3) is 0.647. The third-order valence-corrected chi connectivity index (χ3v) is 4.57. The Bertz CT molecular complexity index is 420. The Kier molecular flexibility index (Phi) is 5.00. The molecule has 0 aliphatic carbocycles. The van der Waals surface area contributed by atoms with Gasteiger partial charge < -0.3 is 10.6 Å². The third-order valence-electron chi connectivity index (χ3n) is 4.57. The average molecular weight is 260 g/mol. The second-order valence-electron chi connectivity index (χ2n) is 6.08. The molecule has 1 saturated heterocycles. The van der Waals surface area contributed by atoms with Crippen LogP contribution in [0, 0.1) is 26.7 Å². The fourth-order valence-corrected chi connectivity index (χ4v) is 3.22. The van der Waals surface area contributed by atoms with Crippen molar-refractivity contribution in [2.24, 2.45) is 5.92 Å². The normalized spacial score (nSPS) is 21.4. The van der Waals surface area contributed by atoms with Crippen molar-refractivity contribution in [3.63, 3.8) is 0 Å². The maximum Gasteiger partial charge on any atom is 0.0323 e. The van der Waals surface area contributed by atoms with Crippen LogP contribution in [-0.4, -0.2) is 20.1 Å². The van der Waals surface area contributed by atoms with Gasteiger partial charge in [0.25, 0.3) is 0 Å². The van der Waals surface area contributed by atoms with E-state index in [-0.39, 0.29) is 0 Å². The number of hydrogen-bond acceptors (Lipinski definition) is 2. The number of aryl methyl sites for hydroxylation is 3. The maximum atomic E-state index is 3.53. The standard InChI is InChI=1S/C17H28N2/c1-12-8-14(3)16(9-13(12)2)17(18-4)10-15-6-5-7-19-11-15/h8-9,15,17-19H,5-7,10-11H2,1-4H3. The Labute approximate surface area is 118 Å². The quantitative estimate of drug-likeness (QED) is 0.868. The van der Waals surface area contributed by atoms with Crippen molar-refractivity contribution < 1.29 is 0 Å². The van der Waals surface area contributed by atoms with Crippen molar-refractivity contribution in [1.82, 2.24) is 10.6 Å². The van der Waals surface area contributed by atoms with Crippen LogP contribution in [0.4, 0.5) is 0 Å². The first-order chi connectivity index (χ1) is 9.11. The van der Waals surface area contributed by atoms with Crippen LogP contribution in [0.3, 0.4) is 0 Å². The molecule has 1 fully saturated rings. The zero-order chi connectivity index (χ0) is 13.8. The Morgan fingerprint density at radius 2 is 1.95 bits per heavy atom. The van der Waals surface area contributed by atoms with Crippen LogP contribution in [-0.2, 0) is 0 Å². The van der Waals surface area contributed by atoms with Crippen molar-refractivity contribution in [3.05, 3.63) is 34.4 Å². The summed E-state index contributed by atoms with van der Waals surface area (Å²) in [5, 5.41) is 7.05. The van der Waals surface area contributed by atoms with Gasteiger partial charge in [0.15, 0.2) is 0 Å². The van der Waals surface area contributed by atoms with Gasteiger partial charge in [0, 0.05) is 6.04 Å². The van der Waals surface area contributed by atoms with Crippen molar-refractivity contribution in [2.45, 2.75) is 46.1 Å². The highest BCUT2D eigenvalue weighted by Gasteiger charge is 2.20. The summed E-state index contributed by atoms with van der Waals surface area (Å²) in [7, 11) is 2.09. The van der Waals surface area contributed by atoms with E-state index < -0.39 is 0 Å². The van der Waals surface area contributed by atoms with Crippen molar-refractivity contribution in [3.8, 4) is 0 Å². The lowest BCUT2D eigenvalue weighted by Crippen LogP contribution is -2.32. The van der Waals surface area contributed by atoms with E-state index in [1.165, 1.54) is 54.6 Å². The third kappa shape index (κ3) is 3.58. The average Bonchev–Trinajstić information content (AvgIpc) is 2.42. The number of hydrogen-bond donors (Lipinski definition) is 2. The molecular formula is C17H28N2. The SMILES string of the molecule is CNC(CC1CCCNC1)c1cc(C)c(C)cc1C. The van der Waals surface area contributed by atoms with Crippen molar-refractivity contribution in [2.75, 3.05) is 20.1 Å². The van der Waals surface area contributed by atoms with Gasteiger partial charge in [-0.25, -0.2) is 0 Å². The summed E-state index contributed by atoms with van der Waals surface area (Å²) in [4.78, 5) is 0. The molecule has 0 spiro atoms. The summed E-state index contributed by atoms with van der Waals surface area (Å²) in [6, 6.07) is 5.19. The molecule has 2 atom stereocenters. The highest BCUT2D eigenvalue weighted by Crippen LogP contribution is 2.28. The molecule has 2 nitrogen and oxygen atoms in total. The molecule has 1 aliphatic heterocycles. The van der Waals surface area contributed by atoms with Crippen molar-refractivity contribution in [1.29, 1.82) is 0 Å². The molecule has 0 radical (unpaired) electrons. The van der Waals surface area contributed by atoms with Crippen LogP contribution < -0.4 is 10.6 Å². The molecule has 2 unspecified atom stereocenters. The number of nitrogens with one attached hydrogen (secondary N) is 2. The molecule has 1 aromatic rings. The van der Waals surface area contributed by atoms with Gasteiger partial charge in [0.05, 0.1) is 0 Å². The summed E-state index contributed by atoms with van der Waals surface area (Å²) in [5.74, 6) is 0.812.